The maximum atomic E-state index is 13.1. The van der Waals surface area contributed by atoms with Gasteiger partial charge in [0.15, 0.2) is 6.61 Å². The molecule has 0 unspecified atom stereocenters. The average Bonchev–Trinajstić information content (AvgIpc) is 2.78. The average molecular weight is 432 g/mol. The molecule has 1 heterocycles. The van der Waals surface area contributed by atoms with E-state index in [4.69, 9.17) is 4.74 Å². The molecule has 0 bridgehead atoms. The lowest BCUT2D eigenvalue weighted by Gasteiger charge is -2.29. The second-order valence-electron chi connectivity index (χ2n) is 8.04. The lowest BCUT2D eigenvalue weighted by atomic mass is 9.97. The SMILES string of the molecule is Cc1ccc(C)c(NC(=O)COc2cccc3c2CCN(Cc2ccc(F)cc2)C3=O)c1. The van der Waals surface area contributed by atoms with Crippen LogP contribution in [0.1, 0.15) is 32.6 Å². The lowest BCUT2D eigenvalue weighted by molar-refractivity contribution is -0.118. The number of carbonyl (C=O) groups excluding carboxylic acids is 2. The minimum Gasteiger partial charge on any atom is -0.483 e. The molecule has 1 aliphatic heterocycles. The largest absolute Gasteiger partial charge is 0.483 e. The number of nitrogens with zero attached hydrogens (tertiary/aromatic N) is 1. The van der Waals surface area contributed by atoms with Gasteiger partial charge in [-0.1, -0.05) is 30.3 Å². The fourth-order valence-corrected chi connectivity index (χ4v) is 3.84. The number of amides is 2. The van der Waals surface area contributed by atoms with Crippen molar-refractivity contribution in [2.45, 2.75) is 26.8 Å². The maximum Gasteiger partial charge on any atom is 0.262 e. The van der Waals surface area contributed by atoms with Gasteiger partial charge < -0.3 is 15.0 Å². The molecule has 1 aliphatic rings. The molecule has 0 aliphatic carbocycles. The van der Waals surface area contributed by atoms with E-state index in [-0.39, 0.29) is 24.2 Å². The molecule has 6 heteroatoms. The zero-order chi connectivity index (χ0) is 22.7. The number of hydrogen-bond acceptors (Lipinski definition) is 3. The molecule has 0 saturated heterocycles. The van der Waals surface area contributed by atoms with Crippen molar-refractivity contribution in [1.29, 1.82) is 0 Å². The van der Waals surface area contributed by atoms with Gasteiger partial charge in [0.05, 0.1) is 0 Å². The molecule has 2 amide bonds. The fraction of sp³-hybridized carbons (Fsp3) is 0.231. The van der Waals surface area contributed by atoms with Gasteiger partial charge in [-0.25, -0.2) is 4.39 Å². The third-order valence-electron chi connectivity index (χ3n) is 5.60. The van der Waals surface area contributed by atoms with Crippen LogP contribution in [0.4, 0.5) is 10.1 Å². The highest BCUT2D eigenvalue weighted by Crippen LogP contribution is 2.29. The maximum absolute atomic E-state index is 13.1. The Labute approximate surface area is 186 Å². The topological polar surface area (TPSA) is 58.6 Å². The van der Waals surface area contributed by atoms with Crippen LogP contribution in [0.2, 0.25) is 0 Å². The molecule has 164 valence electrons. The van der Waals surface area contributed by atoms with Gasteiger partial charge in [-0.2, -0.15) is 0 Å². The summed E-state index contributed by atoms with van der Waals surface area (Å²) in [6.45, 7) is 4.71. The van der Waals surface area contributed by atoms with Crippen LogP contribution in [-0.4, -0.2) is 29.9 Å². The second-order valence-corrected chi connectivity index (χ2v) is 8.04. The van der Waals surface area contributed by atoms with Gasteiger partial charge in [0.1, 0.15) is 11.6 Å². The first kappa shape index (κ1) is 21.6. The van der Waals surface area contributed by atoms with Crippen molar-refractivity contribution < 1.29 is 18.7 Å². The molecule has 4 rings (SSSR count). The van der Waals surface area contributed by atoms with E-state index in [1.54, 1.807) is 35.2 Å². The van der Waals surface area contributed by atoms with Crippen molar-refractivity contribution in [2.75, 3.05) is 18.5 Å². The van der Waals surface area contributed by atoms with Crippen LogP contribution >= 0.6 is 0 Å². The molecule has 0 aromatic heterocycles. The van der Waals surface area contributed by atoms with Crippen LogP contribution in [0, 0.1) is 19.7 Å². The molecule has 5 nitrogen and oxygen atoms in total. The molecular weight excluding hydrogens is 407 g/mol. The van der Waals surface area contributed by atoms with Crippen LogP contribution in [0.3, 0.4) is 0 Å². The van der Waals surface area contributed by atoms with Crippen molar-refractivity contribution in [3.8, 4) is 5.75 Å². The van der Waals surface area contributed by atoms with Crippen molar-refractivity contribution >= 4 is 17.5 Å². The second kappa shape index (κ2) is 9.22. The van der Waals surface area contributed by atoms with E-state index in [0.717, 1.165) is 27.9 Å². The number of fused-ring (bicyclic) bond motifs is 1. The molecule has 32 heavy (non-hydrogen) atoms. The van der Waals surface area contributed by atoms with Crippen molar-refractivity contribution in [3.05, 3.63) is 94.3 Å². The number of rotatable bonds is 6. The highest BCUT2D eigenvalue weighted by Gasteiger charge is 2.27. The Morgan fingerprint density at radius 3 is 2.66 bits per heavy atom. The zero-order valence-corrected chi connectivity index (χ0v) is 18.2. The minimum absolute atomic E-state index is 0.0964. The summed E-state index contributed by atoms with van der Waals surface area (Å²) in [5.41, 5.74) is 5.07. The van der Waals surface area contributed by atoms with Crippen LogP contribution in [0.25, 0.3) is 0 Å². The van der Waals surface area contributed by atoms with E-state index in [9.17, 15) is 14.0 Å². The molecular formula is C26H25FN2O3. The highest BCUT2D eigenvalue weighted by molar-refractivity contribution is 5.97. The van der Waals surface area contributed by atoms with Gasteiger partial charge in [-0.05, 0) is 67.3 Å². The molecule has 0 saturated carbocycles. The predicted octanol–water partition coefficient (Wildman–Crippen LogP) is 4.66. The number of anilines is 1. The first-order valence-electron chi connectivity index (χ1n) is 10.6. The number of benzene rings is 3. The molecule has 0 spiro atoms. The van der Waals surface area contributed by atoms with Crippen molar-refractivity contribution in [2.24, 2.45) is 0 Å². The summed E-state index contributed by atoms with van der Waals surface area (Å²) < 4.78 is 18.9. The Morgan fingerprint density at radius 2 is 1.88 bits per heavy atom. The van der Waals surface area contributed by atoms with E-state index in [2.05, 4.69) is 5.32 Å². The van der Waals surface area contributed by atoms with Gasteiger partial charge in [0, 0.05) is 29.9 Å². The Hall–Kier alpha value is -3.67. The Kier molecular flexibility index (Phi) is 6.21. The quantitative estimate of drug-likeness (QED) is 0.616. The van der Waals surface area contributed by atoms with Crippen LogP contribution in [0.15, 0.2) is 60.7 Å². The molecule has 0 atom stereocenters. The number of nitrogens with one attached hydrogen (secondary N) is 1. The fourth-order valence-electron chi connectivity index (χ4n) is 3.84. The Morgan fingerprint density at radius 1 is 1.09 bits per heavy atom. The molecule has 3 aromatic rings. The molecule has 0 radical (unpaired) electrons. The van der Waals surface area contributed by atoms with Crippen molar-refractivity contribution in [1.82, 2.24) is 4.90 Å². The first-order chi connectivity index (χ1) is 15.4. The first-order valence-corrected chi connectivity index (χ1v) is 10.6. The summed E-state index contributed by atoms with van der Waals surface area (Å²) >= 11 is 0. The summed E-state index contributed by atoms with van der Waals surface area (Å²) in [5.74, 6) is -0.0990. The summed E-state index contributed by atoms with van der Waals surface area (Å²) in [6, 6.07) is 17.4. The van der Waals surface area contributed by atoms with E-state index < -0.39 is 0 Å². The van der Waals surface area contributed by atoms with E-state index >= 15 is 0 Å². The number of halogens is 1. The number of aryl methyl sites for hydroxylation is 2. The van der Waals surface area contributed by atoms with Crippen LogP contribution in [-0.2, 0) is 17.8 Å². The zero-order valence-electron chi connectivity index (χ0n) is 18.2. The summed E-state index contributed by atoms with van der Waals surface area (Å²) in [5, 5.41) is 2.88. The third kappa shape index (κ3) is 4.80. The normalized spacial score (nSPS) is 13.0. The van der Waals surface area contributed by atoms with E-state index in [0.29, 0.717) is 30.8 Å². The van der Waals surface area contributed by atoms with E-state index in [1.165, 1.54) is 12.1 Å². The standard InChI is InChI=1S/C26H25FN2O3/c1-17-6-7-18(2)23(14-17)28-25(30)16-32-24-5-3-4-22-21(24)12-13-29(26(22)31)15-19-8-10-20(27)11-9-19/h3-11,14H,12-13,15-16H2,1-2H3,(H,28,30). The van der Waals surface area contributed by atoms with Gasteiger partial charge in [-0.3, -0.25) is 9.59 Å². The summed E-state index contributed by atoms with van der Waals surface area (Å²) in [4.78, 5) is 27.2. The minimum atomic E-state index is -0.299. The molecule has 0 fully saturated rings. The van der Waals surface area contributed by atoms with Crippen LogP contribution < -0.4 is 10.1 Å². The van der Waals surface area contributed by atoms with Gasteiger partial charge >= 0.3 is 0 Å². The molecule has 3 aromatic carbocycles. The lowest BCUT2D eigenvalue weighted by Crippen LogP contribution is -2.37. The van der Waals surface area contributed by atoms with Gasteiger partial charge in [0.2, 0.25) is 0 Å². The third-order valence-corrected chi connectivity index (χ3v) is 5.60. The Bertz CT molecular complexity index is 1160. The van der Waals surface area contributed by atoms with E-state index in [1.807, 2.05) is 32.0 Å². The summed E-state index contributed by atoms with van der Waals surface area (Å²) in [6.07, 6.45) is 0.622. The summed E-state index contributed by atoms with van der Waals surface area (Å²) in [7, 11) is 0. The number of hydrogen-bond donors (Lipinski definition) is 1. The number of ether oxygens (including phenoxy) is 1. The Balaban J connectivity index is 1.42. The van der Waals surface area contributed by atoms with Crippen LogP contribution in [0.5, 0.6) is 5.75 Å². The van der Waals surface area contributed by atoms with Gasteiger partial charge in [0.25, 0.3) is 11.8 Å². The number of carbonyl (C=O) groups is 2. The smallest absolute Gasteiger partial charge is 0.262 e. The molecule has 1 N–H and O–H groups in total. The monoisotopic (exact) mass is 432 g/mol. The van der Waals surface area contributed by atoms with Gasteiger partial charge in [-0.15, -0.1) is 0 Å². The highest BCUT2D eigenvalue weighted by atomic mass is 19.1. The predicted molar refractivity (Wildman–Crippen MR) is 121 cm³/mol. The van der Waals surface area contributed by atoms with Crippen molar-refractivity contribution in [3.63, 3.8) is 0 Å².